The third kappa shape index (κ3) is 2.79. The van der Waals surface area contributed by atoms with Crippen LogP contribution >= 0.6 is 0 Å². The second-order valence-corrected chi connectivity index (χ2v) is 4.93. The fourth-order valence-electron chi connectivity index (χ4n) is 2.28. The van der Waals surface area contributed by atoms with Crippen LogP contribution in [0.15, 0.2) is 53.6 Å². The van der Waals surface area contributed by atoms with Crippen LogP contribution in [0.25, 0.3) is 5.65 Å². The van der Waals surface area contributed by atoms with Gasteiger partial charge in [0.15, 0.2) is 0 Å². The fourth-order valence-corrected chi connectivity index (χ4v) is 2.28. The predicted molar refractivity (Wildman–Crippen MR) is 89.0 cm³/mol. The lowest BCUT2D eigenvalue weighted by Crippen LogP contribution is -2.26. The first-order valence-corrected chi connectivity index (χ1v) is 7.14. The van der Waals surface area contributed by atoms with Crippen LogP contribution in [0.2, 0.25) is 0 Å². The molecule has 0 aliphatic rings. The number of pyridine rings is 1. The van der Waals surface area contributed by atoms with Crippen LogP contribution in [0.5, 0.6) is 11.5 Å². The number of rotatable bonds is 4. The van der Waals surface area contributed by atoms with Crippen molar-refractivity contribution in [1.29, 1.82) is 0 Å². The van der Waals surface area contributed by atoms with E-state index in [-0.39, 0.29) is 5.56 Å². The van der Waals surface area contributed by atoms with Crippen molar-refractivity contribution in [2.45, 2.75) is 0 Å². The van der Waals surface area contributed by atoms with E-state index in [0.717, 1.165) is 0 Å². The molecule has 3 aromatic rings. The Labute approximate surface area is 137 Å². The van der Waals surface area contributed by atoms with Crippen LogP contribution in [0.4, 0.5) is 5.69 Å². The molecule has 1 amide bonds. The number of amides is 1. The van der Waals surface area contributed by atoms with Crippen molar-refractivity contribution in [1.82, 2.24) is 9.38 Å². The van der Waals surface area contributed by atoms with E-state index in [9.17, 15) is 9.59 Å². The number of anilines is 1. The molecule has 0 aliphatic heterocycles. The topological polar surface area (TPSA) is 81.9 Å². The Balaban J connectivity index is 1.99. The molecule has 2 aromatic heterocycles. The monoisotopic (exact) mass is 325 g/mol. The Kier molecular flexibility index (Phi) is 4.15. The minimum atomic E-state index is -0.572. The van der Waals surface area contributed by atoms with Crippen LogP contribution < -0.4 is 20.3 Å². The Morgan fingerprint density at radius 2 is 2.00 bits per heavy atom. The summed E-state index contributed by atoms with van der Waals surface area (Å²) in [4.78, 5) is 29.1. The highest BCUT2D eigenvalue weighted by molar-refractivity contribution is 6.04. The van der Waals surface area contributed by atoms with Crippen LogP contribution in [0, 0.1) is 0 Å². The van der Waals surface area contributed by atoms with E-state index >= 15 is 0 Å². The van der Waals surface area contributed by atoms with Gasteiger partial charge in [0.05, 0.1) is 19.9 Å². The zero-order chi connectivity index (χ0) is 17.1. The molecule has 122 valence electrons. The maximum absolute atomic E-state index is 12.5. The zero-order valence-electron chi connectivity index (χ0n) is 13.1. The number of methoxy groups -OCH3 is 2. The predicted octanol–water partition coefficient (Wildman–Crippen LogP) is 1.96. The van der Waals surface area contributed by atoms with Crippen LogP contribution in [0.1, 0.15) is 10.4 Å². The molecular weight excluding hydrogens is 310 g/mol. The van der Waals surface area contributed by atoms with Crippen LogP contribution in [0.3, 0.4) is 0 Å². The first kappa shape index (κ1) is 15.5. The number of carbonyl (C=O) groups is 1. The molecule has 0 atom stereocenters. The number of fused-ring (bicyclic) bond motifs is 1. The molecular formula is C17H15N3O4. The number of nitrogens with zero attached hydrogens (tertiary/aromatic N) is 2. The highest BCUT2D eigenvalue weighted by Gasteiger charge is 2.15. The average molecular weight is 325 g/mol. The van der Waals surface area contributed by atoms with Gasteiger partial charge in [-0.25, -0.2) is 4.98 Å². The first-order chi connectivity index (χ1) is 11.6. The van der Waals surface area contributed by atoms with Gasteiger partial charge in [-0.2, -0.15) is 0 Å². The van der Waals surface area contributed by atoms with Gasteiger partial charge in [-0.1, -0.05) is 6.07 Å². The summed E-state index contributed by atoms with van der Waals surface area (Å²) in [6.45, 7) is 0. The maximum atomic E-state index is 12.5. The van der Waals surface area contributed by atoms with Crippen molar-refractivity contribution in [2.24, 2.45) is 0 Å². The first-order valence-electron chi connectivity index (χ1n) is 7.14. The normalized spacial score (nSPS) is 10.4. The van der Waals surface area contributed by atoms with Gasteiger partial charge in [-0.3, -0.25) is 14.0 Å². The van der Waals surface area contributed by atoms with Crippen LogP contribution in [-0.2, 0) is 0 Å². The van der Waals surface area contributed by atoms with E-state index in [1.807, 2.05) is 0 Å². The minimum absolute atomic E-state index is 0.0661. The van der Waals surface area contributed by atoms with Gasteiger partial charge >= 0.3 is 0 Å². The molecule has 1 aromatic carbocycles. The fraction of sp³-hybridized carbons (Fsp3) is 0.118. The molecule has 24 heavy (non-hydrogen) atoms. The molecule has 0 saturated carbocycles. The summed E-state index contributed by atoms with van der Waals surface area (Å²) in [5.41, 5.74) is 0.362. The van der Waals surface area contributed by atoms with Crippen molar-refractivity contribution >= 4 is 17.2 Å². The smallest absolute Gasteiger partial charge is 0.270 e. The number of benzene rings is 1. The summed E-state index contributed by atoms with van der Waals surface area (Å²) < 4.78 is 11.7. The summed E-state index contributed by atoms with van der Waals surface area (Å²) in [7, 11) is 3.01. The van der Waals surface area contributed by atoms with E-state index in [4.69, 9.17) is 9.47 Å². The zero-order valence-corrected chi connectivity index (χ0v) is 13.1. The third-order valence-corrected chi connectivity index (χ3v) is 3.51. The highest BCUT2D eigenvalue weighted by atomic mass is 16.5. The molecule has 3 rings (SSSR count). The quantitative estimate of drug-likeness (QED) is 0.793. The largest absolute Gasteiger partial charge is 0.497 e. The van der Waals surface area contributed by atoms with Gasteiger partial charge in [-0.15, -0.1) is 0 Å². The maximum Gasteiger partial charge on any atom is 0.270 e. The van der Waals surface area contributed by atoms with Gasteiger partial charge in [-0.05, 0) is 24.3 Å². The molecule has 0 saturated heterocycles. The second-order valence-electron chi connectivity index (χ2n) is 4.93. The SMILES string of the molecule is COc1ccc(OC)c(NC(=O)c2cnc3ccccn3c2=O)c1. The van der Waals surface area contributed by atoms with E-state index < -0.39 is 11.5 Å². The Hall–Kier alpha value is -3.35. The number of aromatic nitrogens is 2. The number of nitrogens with one attached hydrogen (secondary N) is 1. The molecule has 0 bridgehead atoms. The van der Waals surface area contributed by atoms with E-state index in [0.29, 0.717) is 22.8 Å². The Bertz CT molecular complexity index is 965. The van der Waals surface area contributed by atoms with Gasteiger partial charge in [0.1, 0.15) is 22.7 Å². The molecule has 7 heteroatoms. The molecule has 0 unspecified atom stereocenters. The van der Waals surface area contributed by atoms with Crippen LogP contribution in [-0.4, -0.2) is 29.5 Å². The molecule has 0 aliphatic carbocycles. The summed E-state index contributed by atoms with van der Waals surface area (Å²) in [5.74, 6) is 0.440. The number of ether oxygens (including phenoxy) is 2. The average Bonchev–Trinajstić information content (AvgIpc) is 2.62. The summed E-state index contributed by atoms with van der Waals surface area (Å²) in [6.07, 6.45) is 2.83. The van der Waals surface area contributed by atoms with Gasteiger partial charge in [0.25, 0.3) is 11.5 Å². The standard InChI is InChI=1S/C17H15N3O4/c1-23-11-6-7-14(24-2)13(9-11)19-16(21)12-10-18-15-5-3-4-8-20(15)17(12)22/h3-10H,1-2H3,(H,19,21). The van der Waals surface area contributed by atoms with Gasteiger partial charge in [0.2, 0.25) is 0 Å². The molecule has 1 N–H and O–H groups in total. The van der Waals surface area contributed by atoms with Gasteiger partial charge in [0, 0.05) is 18.5 Å². The third-order valence-electron chi connectivity index (χ3n) is 3.51. The van der Waals surface area contributed by atoms with Gasteiger partial charge < -0.3 is 14.8 Å². The highest BCUT2D eigenvalue weighted by Crippen LogP contribution is 2.29. The summed E-state index contributed by atoms with van der Waals surface area (Å²) in [5, 5.41) is 2.66. The van der Waals surface area contributed by atoms with Crippen molar-refractivity contribution in [3.63, 3.8) is 0 Å². The molecule has 0 spiro atoms. The lowest BCUT2D eigenvalue weighted by molar-refractivity contribution is 0.102. The molecule has 0 radical (unpaired) electrons. The van der Waals surface area contributed by atoms with Crippen molar-refractivity contribution in [3.8, 4) is 11.5 Å². The number of hydrogen-bond donors (Lipinski definition) is 1. The number of hydrogen-bond acceptors (Lipinski definition) is 5. The summed E-state index contributed by atoms with van der Waals surface area (Å²) >= 11 is 0. The van der Waals surface area contributed by atoms with Crippen molar-refractivity contribution < 1.29 is 14.3 Å². The van der Waals surface area contributed by atoms with Crippen molar-refractivity contribution in [2.75, 3.05) is 19.5 Å². The lowest BCUT2D eigenvalue weighted by Gasteiger charge is -2.11. The Morgan fingerprint density at radius 3 is 2.75 bits per heavy atom. The van der Waals surface area contributed by atoms with E-state index in [1.165, 1.54) is 24.8 Å². The van der Waals surface area contributed by atoms with E-state index in [1.54, 1.807) is 42.6 Å². The number of carbonyl (C=O) groups excluding carboxylic acids is 1. The second kappa shape index (κ2) is 6.41. The molecule has 7 nitrogen and oxygen atoms in total. The van der Waals surface area contributed by atoms with E-state index in [2.05, 4.69) is 10.3 Å². The summed E-state index contributed by atoms with van der Waals surface area (Å²) in [6, 6.07) is 10.1. The Morgan fingerprint density at radius 1 is 1.17 bits per heavy atom. The molecule has 0 fully saturated rings. The van der Waals surface area contributed by atoms with Crippen molar-refractivity contribution in [3.05, 3.63) is 64.7 Å². The minimum Gasteiger partial charge on any atom is -0.497 e. The lowest BCUT2D eigenvalue weighted by atomic mass is 10.2. The molecule has 2 heterocycles.